The van der Waals surface area contributed by atoms with Gasteiger partial charge in [0.2, 0.25) is 5.91 Å². The molecule has 1 aliphatic carbocycles. The normalized spacial score (nSPS) is 12.8. The number of H-pyrrole nitrogens is 1. The van der Waals surface area contributed by atoms with Gasteiger partial charge in [-0.25, -0.2) is 0 Å². The maximum atomic E-state index is 12.4. The highest BCUT2D eigenvalue weighted by Crippen LogP contribution is 2.33. The minimum Gasteiger partial charge on any atom is -0.427 e. The number of ether oxygens (including phenoxy) is 1. The molecule has 0 atom stereocenters. The van der Waals surface area contributed by atoms with Gasteiger partial charge in [-0.15, -0.1) is 0 Å². The van der Waals surface area contributed by atoms with Crippen LogP contribution in [0.4, 0.5) is 5.69 Å². The van der Waals surface area contributed by atoms with Crippen molar-refractivity contribution in [3.8, 4) is 5.75 Å². The smallest absolute Gasteiger partial charge is 0.311 e. The average Bonchev–Trinajstić information content (AvgIpc) is 3.37. The van der Waals surface area contributed by atoms with Crippen molar-refractivity contribution in [2.24, 2.45) is 0 Å². The highest BCUT2D eigenvalue weighted by Gasteiger charge is 2.17. The third-order valence-electron chi connectivity index (χ3n) is 8.02. The van der Waals surface area contributed by atoms with Gasteiger partial charge in [0.1, 0.15) is 5.75 Å². The monoisotopic (exact) mass is 554 g/mol. The number of nitrogens with one attached hydrogen (secondary N) is 3. The molecular weight excluding hydrogens is 512 g/mol. The van der Waals surface area contributed by atoms with E-state index < -0.39 is 0 Å². The summed E-state index contributed by atoms with van der Waals surface area (Å²) in [6, 6.07) is 14.2. The molecule has 216 valence electrons. The Bertz CT molecular complexity index is 1490. The minimum atomic E-state index is -0.184. The first-order valence-corrected chi connectivity index (χ1v) is 15.3. The fourth-order valence-corrected chi connectivity index (χ4v) is 5.87. The van der Waals surface area contributed by atoms with E-state index in [1.165, 1.54) is 54.9 Å². The number of rotatable bonds is 14. The first-order chi connectivity index (χ1) is 20.1. The zero-order valence-electron chi connectivity index (χ0n) is 24.2. The summed E-state index contributed by atoms with van der Waals surface area (Å²) in [5.41, 5.74) is 7.20. The highest BCUT2D eigenvalue weighted by atomic mass is 16.5. The maximum Gasteiger partial charge on any atom is 0.311 e. The lowest BCUT2D eigenvalue weighted by Crippen LogP contribution is -2.22. The van der Waals surface area contributed by atoms with Crippen molar-refractivity contribution in [3.05, 3.63) is 65.5 Å². The molecule has 0 spiro atoms. The van der Waals surface area contributed by atoms with Crippen molar-refractivity contribution in [2.75, 3.05) is 18.4 Å². The third kappa shape index (κ3) is 7.66. The average molecular weight is 555 g/mol. The van der Waals surface area contributed by atoms with Gasteiger partial charge in [0.15, 0.2) is 0 Å². The van der Waals surface area contributed by atoms with Crippen molar-refractivity contribution in [1.29, 1.82) is 0 Å². The molecule has 0 saturated heterocycles. The van der Waals surface area contributed by atoms with Gasteiger partial charge in [-0.05, 0) is 80.3 Å². The third-order valence-corrected chi connectivity index (χ3v) is 8.02. The molecule has 1 amide bonds. The molecule has 0 fully saturated rings. The van der Waals surface area contributed by atoms with Crippen LogP contribution >= 0.6 is 0 Å². The van der Waals surface area contributed by atoms with Crippen LogP contribution in [0.1, 0.15) is 81.5 Å². The highest BCUT2D eigenvalue weighted by molar-refractivity contribution is 5.93. The lowest BCUT2D eigenvalue weighted by Gasteiger charge is -2.21. The molecular formula is C34H42N4O3. The number of esters is 1. The zero-order chi connectivity index (χ0) is 28.4. The van der Waals surface area contributed by atoms with E-state index in [2.05, 4.69) is 39.9 Å². The summed E-state index contributed by atoms with van der Waals surface area (Å²) < 4.78 is 5.63. The van der Waals surface area contributed by atoms with E-state index in [-0.39, 0.29) is 11.9 Å². The van der Waals surface area contributed by atoms with Crippen LogP contribution in [-0.2, 0) is 28.9 Å². The molecule has 2 aromatic heterocycles. The molecule has 0 unspecified atom stereocenters. The number of aromatic nitrogens is 2. The number of unbranched alkanes of at least 4 members (excludes halogenated alkanes) is 5. The molecule has 7 nitrogen and oxygen atoms in total. The summed E-state index contributed by atoms with van der Waals surface area (Å²) in [5.74, 6) is 0.347. The Morgan fingerprint density at radius 3 is 2.61 bits per heavy atom. The second-order valence-corrected chi connectivity index (χ2v) is 11.2. The number of hydrogen-bond acceptors (Lipinski definition) is 5. The Hall–Kier alpha value is -3.87. The molecule has 4 aromatic rings. The topological polar surface area (TPSA) is 96.1 Å². The van der Waals surface area contributed by atoms with Crippen LogP contribution in [0.3, 0.4) is 0 Å². The fourth-order valence-electron chi connectivity index (χ4n) is 5.87. The Kier molecular flexibility index (Phi) is 9.89. The van der Waals surface area contributed by atoms with Crippen LogP contribution in [0, 0.1) is 0 Å². The summed E-state index contributed by atoms with van der Waals surface area (Å²) in [5, 5.41) is 8.85. The maximum absolute atomic E-state index is 12.4. The number of anilines is 1. The number of aryl methyl sites for hydroxylation is 1. The van der Waals surface area contributed by atoms with Crippen molar-refractivity contribution < 1.29 is 14.3 Å². The molecule has 0 bridgehead atoms. The summed E-state index contributed by atoms with van der Waals surface area (Å²) in [4.78, 5) is 31.8. The predicted octanol–water partition coefficient (Wildman–Crippen LogP) is 7.02. The van der Waals surface area contributed by atoms with Gasteiger partial charge >= 0.3 is 5.97 Å². The van der Waals surface area contributed by atoms with Gasteiger partial charge in [0, 0.05) is 60.3 Å². The molecule has 3 N–H and O–H groups in total. The Balaban J connectivity index is 0.987. The molecule has 5 rings (SSSR count). The molecule has 0 aliphatic heterocycles. The largest absolute Gasteiger partial charge is 0.427 e. The number of amides is 1. The SMILES string of the molecule is CC(=O)NCCc1c[nH]c2ccc(OC(=O)CCCCCCCCNc3c4c(nc5ccccc35)CCCC4)cc12. The van der Waals surface area contributed by atoms with E-state index in [9.17, 15) is 9.59 Å². The number of hydrogen-bond donors (Lipinski definition) is 3. The summed E-state index contributed by atoms with van der Waals surface area (Å²) >= 11 is 0. The summed E-state index contributed by atoms with van der Waals surface area (Å²) in [6.45, 7) is 3.07. The second-order valence-electron chi connectivity index (χ2n) is 11.2. The molecule has 2 heterocycles. The van der Waals surface area contributed by atoms with Crippen molar-refractivity contribution in [1.82, 2.24) is 15.3 Å². The van der Waals surface area contributed by atoms with E-state index in [1.807, 2.05) is 24.4 Å². The van der Waals surface area contributed by atoms with Crippen LogP contribution in [0.15, 0.2) is 48.7 Å². The fraction of sp³-hybridized carbons (Fsp3) is 0.441. The zero-order valence-corrected chi connectivity index (χ0v) is 24.2. The molecule has 0 radical (unpaired) electrons. The number of fused-ring (bicyclic) bond motifs is 3. The number of carbonyl (C=O) groups is 2. The summed E-state index contributed by atoms with van der Waals surface area (Å²) in [6.07, 6.45) is 14.3. The Morgan fingerprint density at radius 2 is 1.73 bits per heavy atom. The van der Waals surface area contributed by atoms with Crippen LogP contribution in [0.2, 0.25) is 0 Å². The second kappa shape index (κ2) is 14.2. The Morgan fingerprint density at radius 1 is 0.927 bits per heavy atom. The summed E-state index contributed by atoms with van der Waals surface area (Å²) in [7, 11) is 0. The van der Waals surface area contributed by atoms with Crippen LogP contribution in [0.5, 0.6) is 5.75 Å². The predicted molar refractivity (Wildman–Crippen MR) is 166 cm³/mol. The number of aromatic amines is 1. The lowest BCUT2D eigenvalue weighted by molar-refractivity contribution is -0.134. The van der Waals surface area contributed by atoms with Gasteiger partial charge in [0.05, 0.1) is 5.52 Å². The van der Waals surface area contributed by atoms with Crippen molar-refractivity contribution in [2.45, 2.75) is 84.0 Å². The number of benzene rings is 2. The van der Waals surface area contributed by atoms with E-state index in [4.69, 9.17) is 9.72 Å². The number of carbonyl (C=O) groups excluding carboxylic acids is 2. The molecule has 2 aromatic carbocycles. The quantitative estimate of drug-likeness (QED) is 0.0884. The van der Waals surface area contributed by atoms with Gasteiger partial charge < -0.3 is 20.4 Å². The number of pyridine rings is 1. The van der Waals surface area contributed by atoms with E-state index >= 15 is 0 Å². The lowest BCUT2D eigenvalue weighted by atomic mass is 9.92. The van der Waals surface area contributed by atoms with Crippen LogP contribution < -0.4 is 15.4 Å². The van der Waals surface area contributed by atoms with Gasteiger partial charge in [0.25, 0.3) is 0 Å². The van der Waals surface area contributed by atoms with Crippen molar-refractivity contribution >= 4 is 39.4 Å². The first-order valence-electron chi connectivity index (χ1n) is 15.3. The van der Waals surface area contributed by atoms with Crippen LogP contribution in [-0.4, -0.2) is 34.9 Å². The molecule has 41 heavy (non-hydrogen) atoms. The molecule has 1 aliphatic rings. The van der Waals surface area contributed by atoms with Gasteiger partial charge in [-0.1, -0.05) is 43.9 Å². The number of nitrogens with zero attached hydrogens (tertiary/aromatic N) is 1. The van der Waals surface area contributed by atoms with E-state index in [0.29, 0.717) is 18.7 Å². The van der Waals surface area contributed by atoms with E-state index in [1.54, 1.807) is 0 Å². The van der Waals surface area contributed by atoms with Crippen LogP contribution in [0.25, 0.3) is 21.8 Å². The Labute approximate surface area is 242 Å². The first kappa shape index (κ1) is 28.7. The minimum absolute atomic E-state index is 0.0377. The van der Waals surface area contributed by atoms with Gasteiger partial charge in [-0.2, -0.15) is 0 Å². The molecule has 0 saturated carbocycles. The van der Waals surface area contributed by atoms with Crippen molar-refractivity contribution in [3.63, 3.8) is 0 Å². The van der Waals surface area contributed by atoms with Gasteiger partial charge in [-0.3, -0.25) is 14.6 Å². The standard InChI is InChI=1S/C34H42N4O3/c1-24(39)35-21-19-25-23-37-30-18-17-26(22-29(25)30)41-33(40)16-6-4-2-3-5-11-20-36-34-27-12-7-9-14-31(27)38-32-15-10-8-13-28(32)34/h7,9,12,14,17-18,22-23,37H,2-6,8,10-11,13,15-16,19-21H2,1H3,(H,35,39)(H,36,38). The molecule has 7 heteroatoms. The van der Waals surface area contributed by atoms with E-state index in [0.717, 1.165) is 73.5 Å². The number of para-hydroxylation sites is 1.